The van der Waals surface area contributed by atoms with Gasteiger partial charge in [0.05, 0.1) is 0 Å². The van der Waals surface area contributed by atoms with Crippen molar-refractivity contribution in [2.24, 2.45) is 0 Å². The molecule has 0 aromatic rings. The highest BCUT2D eigenvalue weighted by atomic mass is 27.1. The molecule has 5 heteroatoms. The Morgan fingerprint density at radius 3 is 1.29 bits per heavy atom. The number of rotatable bonds is 4. The lowest BCUT2D eigenvalue weighted by atomic mass is 10.4. The highest BCUT2D eigenvalue weighted by Gasteiger charge is 2.23. The van der Waals surface area contributed by atoms with Crippen molar-refractivity contribution in [1.29, 1.82) is 0 Å². The van der Waals surface area contributed by atoms with Gasteiger partial charge in [0, 0.05) is 26.2 Å². The Kier molecular flexibility index (Phi) is 5.75. The van der Waals surface area contributed by atoms with Gasteiger partial charge in [-0.1, -0.05) is 13.8 Å². The lowest BCUT2D eigenvalue weighted by Crippen LogP contribution is -2.55. The average molecular weight is 253 g/mol. The first kappa shape index (κ1) is 13.8. The highest BCUT2D eigenvalue weighted by Crippen LogP contribution is 2.04. The molecule has 0 spiro atoms. The highest BCUT2D eigenvalue weighted by molar-refractivity contribution is 6.28. The van der Waals surface area contributed by atoms with Crippen LogP contribution in [0.15, 0.2) is 0 Å². The summed E-state index contributed by atoms with van der Waals surface area (Å²) < 4.78 is 5.40. The molecule has 2 fully saturated rings. The van der Waals surface area contributed by atoms with E-state index >= 15 is 0 Å². The van der Waals surface area contributed by atoms with E-state index in [1.165, 1.54) is 65.4 Å². The molecule has 0 atom stereocenters. The molecule has 0 unspecified atom stereocenters. The Morgan fingerprint density at radius 1 is 0.647 bits per heavy atom. The fourth-order valence-corrected chi connectivity index (χ4v) is 4.01. The quantitative estimate of drug-likeness (QED) is 0.643. The zero-order valence-corrected chi connectivity index (χ0v) is 12.6. The maximum absolute atomic E-state index is 2.70. The summed E-state index contributed by atoms with van der Waals surface area (Å²) in [5.74, 6) is 0. The molecular formula is C12H26AlN4. The molecule has 2 heterocycles. The monoisotopic (exact) mass is 253 g/mol. The molecule has 0 aromatic heterocycles. The van der Waals surface area contributed by atoms with Gasteiger partial charge in [0.1, 0.15) is 0 Å². The molecule has 0 aliphatic carbocycles. The van der Waals surface area contributed by atoms with E-state index in [-0.39, 0.29) is 0 Å². The predicted octanol–water partition coefficient (Wildman–Crippen LogP) is -0.204. The van der Waals surface area contributed by atoms with Crippen molar-refractivity contribution in [3.05, 3.63) is 0 Å². The molecule has 1 radical (unpaired) electrons. The summed E-state index contributed by atoms with van der Waals surface area (Å²) in [6, 6.07) is 0. The number of nitrogens with zero attached hydrogens (tertiary/aromatic N) is 4. The van der Waals surface area contributed by atoms with Crippen LogP contribution in [0.3, 0.4) is 0 Å². The second kappa shape index (κ2) is 7.08. The molecule has 2 rings (SSSR count). The van der Waals surface area contributed by atoms with E-state index in [0.29, 0.717) is 15.7 Å². The standard InChI is InChI=1S/2C6H13N2.Al/c2*1-2-8-5-3-7-4-6-8;/h2*2-6H2,1H3;/q2*-1;+2. The molecule has 0 amide bonds. The van der Waals surface area contributed by atoms with Crippen LogP contribution in [-0.4, -0.2) is 98.7 Å². The first-order valence-electron chi connectivity index (χ1n) is 7.09. The van der Waals surface area contributed by atoms with Crippen LogP contribution in [0, 0.1) is 0 Å². The lowest BCUT2D eigenvalue weighted by Gasteiger charge is -2.40. The lowest BCUT2D eigenvalue weighted by molar-refractivity contribution is 0.166. The van der Waals surface area contributed by atoms with Gasteiger partial charge in [0.25, 0.3) is 0 Å². The number of likely N-dealkylation sites (N-methyl/N-ethyl adjacent to an activating group) is 2. The van der Waals surface area contributed by atoms with Crippen LogP contribution in [0.25, 0.3) is 0 Å². The third kappa shape index (κ3) is 4.20. The molecule has 4 nitrogen and oxygen atoms in total. The third-order valence-corrected chi connectivity index (χ3v) is 5.72. The van der Waals surface area contributed by atoms with Gasteiger partial charge in [-0.15, -0.1) is 0 Å². The summed E-state index contributed by atoms with van der Waals surface area (Å²) in [4.78, 5) is 5.12. The van der Waals surface area contributed by atoms with E-state index in [1.54, 1.807) is 0 Å². The van der Waals surface area contributed by atoms with Gasteiger partial charge >= 0.3 is 15.7 Å². The smallest absolute Gasteiger partial charge is 0.376 e. The molecule has 97 valence electrons. The topological polar surface area (TPSA) is 13.0 Å². The first-order chi connectivity index (χ1) is 8.31. The maximum Gasteiger partial charge on any atom is 0.455 e. The Bertz CT molecular complexity index is 189. The maximum atomic E-state index is 2.70. The van der Waals surface area contributed by atoms with Gasteiger partial charge in [0.15, 0.2) is 0 Å². The summed E-state index contributed by atoms with van der Waals surface area (Å²) in [5.41, 5.74) is 0. The van der Waals surface area contributed by atoms with Crippen LogP contribution < -0.4 is 0 Å². The van der Waals surface area contributed by atoms with E-state index < -0.39 is 0 Å². The Hall–Kier alpha value is 0.372. The van der Waals surface area contributed by atoms with Gasteiger partial charge < -0.3 is 17.6 Å². The fraction of sp³-hybridized carbons (Fsp3) is 1.00. The van der Waals surface area contributed by atoms with Crippen LogP contribution in [0.5, 0.6) is 0 Å². The normalized spacial score (nSPS) is 26.2. The van der Waals surface area contributed by atoms with Crippen LogP contribution in [0.1, 0.15) is 13.8 Å². The van der Waals surface area contributed by atoms with E-state index in [0.717, 1.165) is 0 Å². The summed E-state index contributed by atoms with van der Waals surface area (Å²) in [5, 5.41) is 0. The van der Waals surface area contributed by atoms with Gasteiger partial charge in [-0.3, -0.25) is 0 Å². The first-order valence-corrected chi connectivity index (χ1v) is 8.13. The Morgan fingerprint density at radius 2 is 1.00 bits per heavy atom. The molecule has 0 saturated carbocycles. The molecule has 2 aliphatic heterocycles. The zero-order chi connectivity index (χ0) is 12.1. The van der Waals surface area contributed by atoms with Crippen molar-refractivity contribution in [1.82, 2.24) is 17.6 Å². The molecular weight excluding hydrogens is 227 g/mol. The summed E-state index contributed by atoms with van der Waals surface area (Å²) >= 11 is 0.399. The Balaban J connectivity index is 1.65. The average Bonchev–Trinajstić information content (AvgIpc) is 2.40. The summed E-state index contributed by atoms with van der Waals surface area (Å²) in [7, 11) is 0. The minimum absolute atomic E-state index is 0.399. The SMILES string of the molecule is CCN1CC[N]([Al][N]2CCN(CC)CC2)CC1. The fourth-order valence-electron chi connectivity index (χ4n) is 2.62. The number of hydrogen-bond acceptors (Lipinski definition) is 4. The van der Waals surface area contributed by atoms with Crippen LogP contribution in [-0.2, 0) is 0 Å². The van der Waals surface area contributed by atoms with Crippen LogP contribution >= 0.6 is 0 Å². The molecule has 0 aromatic carbocycles. The molecule has 0 N–H and O–H groups in total. The van der Waals surface area contributed by atoms with Gasteiger partial charge in [0.2, 0.25) is 0 Å². The Labute approximate surface area is 113 Å². The minimum atomic E-state index is 0.399. The molecule has 2 aliphatic rings. The molecule has 2 saturated heterocycles. The van der Waals surface area contributed by atoms with E-state index in [2.05, 4.69) is 31.4 Å². The van der Waals surface area contributed by atoms with E-state index in [9.17, 15) is 0 Å². The van der Waals surface area contributed by atoms with Gasteiger partial charge in [-0.2, -0.15) is 0 Å². The van der Waals surface area contributed by atoms with Crippen LogP contribution in [0.4, 0.5) is 0 Å². The summed E-state index contributed by atoms with van der Waals surface area (Å²) in [6.07, 6.45) is 0. The number of piperazine rings is 2. The minimum Gasteiger partial charge on any atom is -0.376 e. The third-order valence-electron chi connectivity index (χ3n) is 4.03. The van der Waals surface area contributed by atoms with Gasteiger partial charge in [-0.05, 0) is 39.3 Å². The van der Waals surface area contributed by atoms with Crippen LogP contribution in [0.2, 0.25) is 0 Å². The van der Waals surface area contributed by atoms with Crippen molar-refractivity contribution < 1.29 is 0 Å². The largest absolute Gasteiger partial charge is 0.455 e. The second-order valence-corrected chi connectivity index (χ2v) is 6.75. The van der Waals surface area contributed by atoms with Crippen molar-refractivity contribution in [2.45, 2.75) is 13.8 Å². The van der Waals surface area contributed by atoms with E-state index in [4.69, 9.17) is 0 Å². The molecule has 17 heavy (non-hydrogen) atoms. The van der Waals surface area contributed by atoms with E-state index in [1.807, 2.05) is 0 Å². The van der Waals surface area contributed by atoms with Crippen molar-refractivity contribution in [3.63, 3.8) is 0 Å². The summed E-state index contributed by atoms with van der Waals surface area (Å²) in [6.45, 7) is 17.2. The van der Waals surface area contributed by atoms with Crippen molar-refractivity contribution in [3.8, 4) is 0 Å². The van der Waals surface area contributed by atoms with Crippen molar-refractivity contribution >= 4 is 15.7 Å². The second-order valence-electron chi connectivity index (χ2n) is 5.06. The predicted molar refractivity (Wildman–Crippen MR) is 73.1 cm³/mol. The molecule has 0 bridgehead atoms. The number of hydrogen-bond donors (Lipinski definition) is 0. The van der Waals surface area contributed by atoms with Gasteiger partial charge in [-0.25, -0.2) is 0 Å². The van der Waals surface area contributed by atoms with Crippen molar-refractivity contribution in [2.75, 3.05) is 65.4 Å². The zero-order valence-electron chi connectivity index (χ0n) is 11.4.